The fraction of sp³-hybridized carbons (Fsp3) is 0.375. The quantitative estimate of drug-likeness (QED) is 0.661. The predicted molar refractivity (Wildman–Crippen MR) is 47.3 cm³/mol. The Morgan fingerprint density at radius 2 is 2.29 bits per heavy atom. The number of H-pyrrole nitrogens is 1. The number of aromatic carboxylic acids is 1. The van der Waals surface area contributed by atoms with Crippen LogP contribution in [0.2, 0.25) is 0 Å². The molecule has 2 rings (SSSR count). The van der Waals surface area contributed by atoms with E-state index in [-0.39, 0.29) is 11.6 Å². The van der Waals surface area contributed by atoms with Gasteiger partial charge in [-0.3, -0.25) is 9.89 Å². The summed E-state index contributed by atoms with van der Waals surface area (Å²) in [5, 5.41) is 15.1. The number of hydrogen-bond acceptors (Lipinski definition) is 3. The number of carbonyl (C=O) groups is 2. The highest BCUT2D eigenvalue weighted by Crippen LogP contribution is 2.29. The first-order valence-corrected chi connectivity index (χ1v) is 4.20. The van der Waals surface area contributed by atoms with E-state index in [0.717, 1.165) is 5.69 Å². The van der Waals surface area contributed by atoms with Crippen LogP contribution in [0.25, 0.3) is 0 Å². The van der Waals surface area contributed by atoms with E-state index in [4.69, 9.17) is 5.11 Å². The second-order valence-electron chi connectivity index (χ2n) is 3.13. The molecule has 0 fully saturated rings. The number of anilines is 1. The van der Waals surface area contributed by atoms with E-state index in [2.05, 4.69) is 10.2 Å². The first kappa shape index (κ1) is 8.74. The molecule has 6 heteroatoms. The number of aromatic amines is 1. The molecule has 0 atom stereocenters. The van der Waals surface area contributed by atoms with Gasteiger partial charge in [0.1, 0.15) is 5.69 Å². The van der Waals surface area contributed by atoms with Gasteiger partial charge >= 0.3 is 5.97 Å². The summed E-state index contributed by atoms with van der Waals surface area (Å²) < 4.78 is 0. The molecule has 2 N–H and O–H groups in total. The molecule has 2 heterocycles. The van der Waals surface area contributed by atoms with Crippen molar-refractivity contribution in [1.82, 2.24) is 10.2 Å². The Morgan fingerprint density at radius 3 is 2.86 bits per heavy atom. The van der Waals surface area contributed by atoms with Crippen LogP contribution in [-0.2, 0) is 11.2 Å². The average molecular weight is 195 g/mol. The molecule has 1 aliphatic heterocycles. The van der Waals surface area contributed by atoms with Gasteiger partial charge in [0.25, 0.3) is 0 Å². The van der Waals surface area contributed by atoms with Crippen molar-refractivity contribution in [2.45, 2.75) is 13.3 Å². The Hall–Kier alpha value is -1.85. The molecule has 1 aromatic heterocycles. The third kappa shape index (κ3) is 1.07. The minimum absolute atomic E-state index is 0.0762. The van der Waals surface area contributed by atoms with Gasteiger partial charge in [-0.15, -0.1) is 0 Å². The Balaban J connectivity index is 2.50. The zero-order valence-electron chi connectivity index (χ0n) is 7.57. The van der Waals surface area contributed by atoms with Crippen molar-refractivity contribution >= 4 is 17.6 Å². The van der Waals surface area contributed by atoms with Gasteiger partial charge in [0.15, 0.2) is 5.69 Å². The first-order valence-electron chi connectivity index (χ1n) is 4.20. The van der Waals surface area contributed by atoms with E-state index >= 15 is 0 Å². The number of rotatable bonds is 1. The Bertz CT molecular complexity index is 410. The molecule has 14 heavy (non-hydrogen) atoms. The maximum absolute atomic E-state index is 11.2. The monoisotopic (exact) mass is 195 g/mol. The minimum atomic E-state index is -1.12. The SMILES string of the molecule is CC(=O)N1CCc2[nH]nc(C(=O)O)c21. The van der Waals surface area contributed by atoms with Crippen LogP contribution >= 0.6 is 0 Å². The number of hydrogen-bond donors (Lipinski definition) is 2. The molecule has 1 aliphatic rings. The summed E-state index contributed by atoms with van der Waals surface area (Å²) in [6, 6.07) is 0. The highest BCUT2D eigenvalue weighted by atomic mass is 16.4. The van der Waals surface area contributed by atoms with Crippen LogP contribution < -0.4 is 4.90 Å². The molecular weight excluding hydrogens is 186 g/mol. The fourth-order valence-electron chi connectivity index (χ4n) is 1.64. The van der Waals surface area contributed by atoms with Gasteiger partial charge < -0.3 is 10.0 Å². The molecule has 0 unspecified atom stereocenters. The van der Waals surface area contributed by atoms with Crippen molar-refractivity contribution in [1.29, 1.82) is 0 Å². The summed E-state index contributed by atoms with van der Waals surface area (Å²) in [7, 11) is 0. The number of aromatic nitrogens is 2. The van der Waals surface area contributed by atoms with Gasteiger partial charge in [-0.2, -0.15) is 5.10 Å². The van der Waals surface area contributed by atoms with Crippen LogP contribution in [0.5, 0.6) is 0 Å². The van der Waals surface area contributed by atoms with Crippen molar-refractivity contribution in [2.75, 3.05) is 11.4 Å². The molecule has 0 aliphatic carbocycles. The number of amides is 1. The van der Waals surface area contributed by atoms with E-state index in [1.165, 1.54) is 11.8 Å². The van der Waals surface area contributed by atoms with Crippen molar-refractivity contribution in [3.63, 3.8) is 0 Å². The maximum atomic E-state index is 11.2. The largest absolute Gasteiger partial charge is 0.476 e. The van der Waals surface area contributed by atoms with E-state index < -0.39 is 5.97 Å². The number of fused-ring (bicyclic) bond motifs is 1. The van der Waals surface area contributed by atoms with Crippen LogP contribution in [0.3, 0.4) is 0 Å². The summed E-state index contributed by atoms with van der Waals surface area (Å²) in [5.41, 5.74) is 1.07. The van der Waals surface area contributed by atoms with Crippen molar-refractivity contribution in [2.24, 2.45) is 0 Å². The normalized spacial score (nSPS) is 14.2. The molecule has 0 radical (unpaired) electrons. The lowest BCUT2D eigenvalue weighted by atomic mass is 10.3. The molecule has 74 valence electrons. The summed E-state index contributed by atoms with van der Waals surface area (Å²) in [6.07, 6.45) is 0.634. The van der Waals surface area contributed by atoms with Crippen LogP contribution in [0.1, 0.15) is 23.1 Å². The number of carboxylic acid groups (broad SMARTS) is 1. The van der Waals surface area contributed by atoms with Crippen molar-refractivity contribution in [3.8, 4) is 0 Å². The number of nitrogens with one attached hydrogen (secondary N) is 1. The Kier molecular flexibility index (Phi) is 1.77. The second kappa shape index (κ2) is 2.83. The molecular formula is C8H9N3O3. The number of nitrogens with zero attached hydrogens (tertiary/aromatic N) is 2. The molecule has 6 nitrogen and oxygen atoms in total. The van der Waals surface area contributed by atoms with Crippen LogP contribution in [0.15, 0.2) is 0 Å². The Morgan fingerprint density at radius 1 is 1.57 bits per heavy atom. The fourth-order valence-corrected chi connectivity index (χ4v) is 1.64. The number of carboxylic acids is 1. The van der Waals surface area contributed by atoms with Gasteiger partial charge in [-0.05, 0) is 0 Å². The van der Waals surface area contributed by atoms with Crippen molar-refractivity contribution < 1.29 is 14.7 Å². The van der Waals surface area contributed by atoms with E-state index in [9.17, 15) is 9.59 Å². The summed E-state index contributed by atoms with van der Waals surface area (Å²) in [6.45, 7) is 1.94. The van der Waals surface area contributed by atoms with Crippen LogP contribution in [0, 0.1) is 0 Å². The molecule has 1 amide bonds. The lowest BCUT2D eigenvalue weighted by Gasteiger charge is -2.13. The first-order chi connectivity index (χ1) is 6.61. The van der Waals surface area contributed by atoms with Gasteiger partial charge in [0.2, 0.25) is 5.91 Å². The molecule has 0 aromatic carbocycles. The molecule has 0 bridgehead atoms. The minimum Gasteiger partial charge on any atom is -0.476 e. The molecule has 1 aromatic rings. The summed E-state index contributed by atoms with van der Waals surface area (Å²) >= 11 is 0. The lowest BCUT2D eigenvalue weighted by Crippen LogP contribution is -2.27. The van der Waals surface area contributed by atoms with E-state index in [0.29, 0.717) is 18.7 Å². The van der Waals surface area contributed by atoms with E-state index in [1.54, 1.807) is 0 Å². The van der Waals surface area contributed by atoms with Gasteiger partial charge in [0, 0.05) is 19.9 Å². The zero-order valence-corrected chi connectivity index (χ0v) is 7.57. The highest BCUT2D eigenvalue weighted by molar-refractivity contribution is 6.01. The zero-order chi connectivity index (χ0) is 10.3. The van der Waals surface area contributed by atoms with Crippen molar-refractivity contribution in [3.05, 3.63) is 11.4 Å². The van der Waals surface area contributed by atoms with E-state index in [1.807, 2.05) is 0 Å². The van der Waals surface area contributed by atoms with Gasteiger partial charge in [-0.25, -0.2) is 4.79 Å². The molecule has 0 saturated heterocycles. The van der Waals surface area contributed by atoms with Crippen LogP contribution in [-0.4, -0.2) is 33.7 Å². The maximum Gasteiger partial charge on any atom is 0.358 e. The van der Waals surface area contributed by atoms with Gasteiger partial charge in [0.05, 0.1) is 5.69 Å². The standard InChI is InChI=1S/C8H9N3O3/c1-4(12)11-3-2-5-7(11)6(8(13)14)10-9-5/h2-3H2,1H3,(H,9,10)(H,13,14). The second-order valence-corrected chi connectivity index (χ2v) is 3.13. The summed E-state index contributed by atoms with van der Waals surface area (Å²) in [4.78, 5) is 23.4. The van der Waals surface area contributed by atoms with Gasteiger partial charge in [-0.1, -0.05) is 0 Å². The highest BCUT2D eigenvalue weighted by Gasteiger charge is 2.30. The Labute approximate surface area is 79.5 Å². The third-order valence-corrected chi connectivity index (χ3v) is 2.25. The summed E-state index contributed by atoms with van der Waals surface area (Å²) in [5.74, 6) is -1.27. The third-order valence-electron chi connectivity index (χ3n) is 2.25. The predicted octanol–water partition coefficient (Wildman–Crippen LogP) is 0.0169. The topological polar surface area (TPSA) is 86.3 Å². The molecule has 0 saturated carbocycles. The average Bonchev–Trinajstić information content (AvgIpc) is 2.59. The number of carbonyl (C=O) groups excluding carboxylic acids is 1. The lowest BCUT2D eigenvalue weighted by molar-refractivity contribution is -0.116. The van der Waals surface area contributed by atoms with Crippen LogP contribution in [0.4, 0.5) is 5.69 Å². The smallest absolute Gasteiger partial charge is 0.358 e. The molecule has 0 spiro atoms.